The maximum atomic E-state index is 0. The average Bonchev–Trinajstić information content (AvgIpc) is 0. The van der Waals surface area contributed by atoms with Crippen LogP contribution >= 0.6 is 0 Å². The van der Waals surface area contributed by atoms with E-state index in [0.717, 1.165) is 0 Å². The fraction of sp³-hybridized carbons (Fsp3) is 1.00. The molecule has 0 heterocycles. The summed E-state index contributed by atoms with van der Waals surface area (Å²) in [4.78, 5) is 0. The SMILES string of the molecule is C.C.C.C.C.C.C.C.C.C.C.C.C.C.C.C.C.C.C.C.C.C.C.C.C.C.C.C.C.C.C.C.C.C.C.C.C.C.C.C.C.C.C.C.C.C.C.C.C.C.C.C.C.C.C.C.C.C.C.C.C.C.C.C.C.C.C.C.C.C.C.C.C.C.C.C.C.C.C.C.C.C.C.C.C.C.C.C.C.C.C.C.C.C.C.C.C.C.C.C.C.C.C.C.C.C.C.C.C.C.C.C.[3HH].[3HH].[3HH].[3HH].[3HH].[3HH].[3HH].[3HH].[3HH].[3HH].[3HH].[3HH].[3HH].[3HH].[3HH].[3HH].[3HH].[3HH].[3HH].[3HH].[3HH].[3HH].[3HH].[3HH].[3HH].[3HH].[3HH].[3HH].[3HH].[3HH].[3HH].[3HH].[HH].[HH].[HH].[HH].[HH].[HH].[HH].[HH].[HH].[HH].[HH].[HH].[HH].[HH].[HH].[HH].[HH].[HH].[HH].[HH].[HH].[HH].[HH].[HH].[HH].[HH].[HH].[HH].[HH].[HH].[HH].[HH]. The van der Waals surface area contributed by atoms with Gasteiger partial charge in [0.05, 0.1) is 0 Å². The summed E-state index contributed by atoms with van der Waals surface area (Å²) in [5.41, 5.74) is 0. The van der Waals surface area contributed by atoms with E-state index in [1.54, 1.807) is 0 Å². The molecule has 0 saturated heterocycles. The van der Waals surface area contributed by atoms with Gasteiger partial charge in [0.25, 0.3) is 0 Å². The summed E-state index contributed by atoms with van der Waals surface area (Å²) in [6.07, 6.45) is 0. The molecule has 0 nitrogen and oxygen atoms in total. The summed E-state index contributed by atoms with van der Waals surface area (Å²) in [6.45, 7) is 0. The lowest BCUT2D eigenvalue weighted by Gasteiger charge is -0.0786. The van der Waals surface area contributed by atoms with Gasteiger partial charge in [-0.2, -0.15) is 0 Å². The van der Waals surface area contributed by atoms with E-state index >= 15 is 0 Å². The normalized spacial score (nSPS) is 0. The third-order valence-electron chi connectivity index (χ3n) is 0. The van der Waals surface area contributed by atoms with Crippen LogP contribution in [0.25, 0.3) is 0 Å². The molecule has 0 rings (SSSR count). The molecule has 112 heavy (non-hydrogen) atoms. The van der Waals surface area contributed by atoms with Crippen molar-refractivity contribution in [1.82, 2.24) is 0 Å². The zero-order valence-electron chi connectivity index (χ0n) is 0. The van der Waals surface area contributed by atoms with Gasteiger partial charge in [-0.1, -0.05) is 832 Å². The molecule has 0 amide bonds. The van der Waals surface area contributed by atoms with Crippen molar-refractivity contribution in [2.75, 3.05) is 0 Å². The van der Waals surface area contributed by atoms with Crippen molar-refractivity contribution < 1.29 is 91.3 Å². The summed E-state index contributed by atoms with van der Waals surface area (Å²) >= 11 is 0. The maximum absolute atomic E-state index is 0. The van der Waals surface area contributed by atoms with Crippen LogP contribution in [0.3, 0.4) is 0 Å². The van der Waals surface area contributed by atoms with Crippen LogP contribution in [0.15, 0.2) is 0 Å². The predicted molar refractivity (Wildman–Crippen MR) is 889 cm³/mol. The van der Waals surface area contributed by atoms with E-state index in [2.05, 4.69) is 0 Å². The summed E-state index contributed by atoms with van der Waals surface area (Å²) in [6, 6.07) is 0. The summed E-state index contributed by atoms with van der Waals surface area (Å²) in [7, 11) is 0. The Morgan fingerprint density at radius 2 is 0.0268 bits per heavy atom. The van der Waals surface area contributed by atoms with Crippen LogP contribution in [0, 0.1) is 0 Å². The molecule has 1024 valence electrons. The second kappa shape index (κ2) is 0. The van der Waals surface area contributed by atoms with Gasteiger partial charge in [-0.15, -0.1) is 0 Å². The minimum absolute atomic E-state index is 0. The number of rotatable bonds is 0. The van der Waals surface area contributed by atoms with Gasteiger partial charge >= 0.3 is 0 Å². The lowest BCUT2D eigenvalue weighted by Crippen LogP contribution is 0.143. The monoisotopic (exact) mass is 1990 g/mol. The Bertz CT molecular complexity index is 166. The zero-order chi connectivity index (χ0) is 0. The van der Waals surface area contributed by atoms with Gasteiger partial charge in [0, 0.05) is 91.3 Å². The highest BCUT2D eigenvalue weighted by atomic mass is 12.1. The molecule has 0 unspecified atom stereocenters. The summed E-state index contributed by atoms with van der Waals surface area (Å²) in [5, 5.41) is 0. The van der Waals surface area contributed by atoms with Gasteiger partial charge < -0.3 is 0 Å². The Labute approximate surface area is 922 Å². The highest BCUT2D eigenvalue weighted by Crippen LogP contribution is 0.255. The number of hydrogen-bond donors (Lipinski definition) is 0. The second-order valence-electron chi connectivity index (χ2n) is 0. The van der Waals surface area contributed by atoms with Crippen molar-refractivity contribution >= 4 is 0 Å². The summed E-state index contributed by atoms with van der Waals surface area (Å²) in [5.74, 6) is 0. The van der Waals surface area contributed by atoms with Crippen LogP contribution < -0.4 is 0 Å². The fourth-order valence-corrected chi connectivity index (χ4v) is 0. The Morgan fingerprint density at radius 3 is 0.0268 bits per heavy atom. The van der Waals surface area contributed by atoms with E-state index in [9.17, 15) is 0 Å². The largest absolute Gasteiger partial charge is 0.0776 e. The molecule has 0 bridgehead atoms. The molecule has 0 saturated carbocycles. The smallest absolute Gasteiger partial charge is 0 e. The van der Waals surface area contributed by atoms with Gasteiger partial charge in [-0.3, -0.25) is 0 Å². The molecule has 0 N–H and O–H groups in total. The maximum Gasteiger partial charge on any atom is 0 e. The quantitative estimate of drug-likeness (QED) is 0.227. The Kier molecular flexibility index (Phi) is 0. The van der Waals surface area contributed by atoms with Crippen molar-refractivity contribution in [3.8, 4) is 0 Å². The van der Waals surface area contributed by atoms with Gasteiger partial charge in [-0.25, -0.2) is 0 Å². The van der Waals surface area contributed by atoms with Crippen molar-refractivity contribution in [3.63, 3.8) is 0 Å². The third kappa shape index (κ3) is 0. The fourth-order valence-electron chi connectivity index (χ4n) is 0. The first-order valence-corrected chi connectivity index (χ1v) is 0. The Balaban J connectivity index is 0. The molecule has 0 aromatic carbocycles. The predicted octanol–water partition coefficient (Wildman–Crippen LogP) is 87.0. The van der Waals surface area contributed by atoms with Crippen LogP contribution in [0.5, 0.6) is 0 Å². The minimum Gasteiger partial charge on any atom is -0.0776 e. The second-order valence-corrected chi connectivity index (χ2v) is 0. The Hall–Kier alpha value is 0. The molecule has 0 spiro atoms. The lowest BCUT2D eigenvalue weighted by molar-refractivity contribution is 2.50. The molecule has 0 aliphatic rings. The highest BCUT2D eigenvalue weighted by Gasteiger charge is 0.0334. The first-order valence-electron chi connectivity index (χ1n) is 0. The van der Waals surface area contributed by atoms with E-state index in [1.807, 2.05) is 0 Å². The minimum atomic E-state index is 0. The Morgan fingerprint density at radius 1 is 0.0268 bits per heavy atom. The molecule has 0 aromatic heterocycles. The zero-order valence-corrected chi connectivity index (χ0v) is 0. The van der Waals surface area contributed by atoms with Gasteiger partial charge in [0.1, 0.15) is 0 Å². The van der Waals surface area contributed by atoms with Crippen molar-refractivity contribution in [2.45, 2.75) is 832 Å². The van der Waals surface area contributed by atoms with E-state index < -0.39 is 0 Å². The molecular formula is C112H576. The van der Waals surface area contributed by atoms with Crippen LogP contribution in [0.4, 0.5) is 0 Å². The molecule has 0 aliphatic carbocycles. The number of hydrogen-bond acceptors (Lipinski definition) is 0. The first-order chi connectivity index (χ1) is 0. The molecule has 0 aliphatic heterocycles. The molecular weight excluding hydrogens is 1350 g/mol. The van der Waals surface area contributed by atoms with Crippen LogP contribution in [0.2, 0.25) is 0 Å². The van der Waals surface area contributed by atoms with E-state index in [4.69, 9.17) is 0 Å². The van der Waals surface area contributed by atoms with E-state index in [-0.39, 0.29) is 923 Å². The standard InChI is InChI=1S/112CH4.64H2/h112*1H4;64*1H/i;;;;;;;;;;;;;;;;;;;;;;;;;;;;;;;;;;;;;;;;;;;;;;;;;;;;;;;;;;;;;;;;;;;;;;;;;;;;;;;;;;;;;;;;;;;;;;;;;;;;;;;;;;;;;;;;32*1+2;;;;;;;;;;;;;;;;;;;;;;;;;;;;;;;;. The molecule has 0 aromatic rings. The average molecular weight is 1990 g/mol. The topological polar surface area (TPSA) is 0 Å². The first kappa shape index (κ1) is 0. The summed E-state index contributed by atoms with van der Waals surface area (Å²) < 4.78 is 0. The van der Waals surface area contributed by atoms with Gasteiger partial charge in [-0.05, 0) is 0 Å². The van der Waals surface area contributed by atoms with Crippen LogP contribution in [-0.2, 0) is 0 Å². The van der Waals surface area contributed by atoms with Gasteiger partial charge in [0.2, 0.25) is 0 Å². The van der Waals surface area contributed by atoms with Crippen molar-refractivity contribution in [1.29, 1.82) is 0 Å². The highest BCUT2D eigenvalue weighted by molar-refractivity contribution is 2.61. The van der Waals surface area contributed by atoms with Crippen LogP contribution in [0.1, 0.15) is 923 Å². The molecule has 0 fully saturated rings. The van der Waals surface area contributed by atoms with E-state index in [1.165, 1.54) is 0 Å². The van der Waals surface area contributed by atoms with E-state index in [0.29, 0.717) is 0 Å². The third-order valence-corrected chi connectivity index (χ3v) is 0. The molecule has 0 radical (unpaired) electrons. The molecule has 0 heteroatoms. The molecule has 0 atom stereocenters. The van der Waals surface area contributed by atoms with Gasteiger partial charge in [0.15, 0.2) is 0 Å². The lowest BCUT2D eigenvalue weighted by atomic mass is 12.0. The van der Waals surface area contributed by atoms with Crippen molar-refractivity contribution in [2.24, 2.45) is 0 Å². The van der Waals surface area contributed by atoms with Crippen LogP contribution in [-0.4, -0.2) is 0 Å². The van der Waals surface area contributed by atoms with Crippen molar-refractivity contribution in [3.05, 3.63) is 0 Å².